The third-order valence-electron chi connectivity index (χ3n) is 11.0. The zero-order valence-electron chi connectivity index (χ0n) is 28.9. The lowest BCUT2D eigenvalue weighted by molar-refractivity contribution is 0.669. The van der Waals surface area contributed by atoms with Gasteiger partial charge in [0.2, 0.25) is 0 Å². The zero-order valence-corrected chi connectivity index (χ0v) is 29.7. The quantitative estimate of drug-likeness (QED) is 0.183. The van der Waals surface area contributed by atoms with Crippen LogP contribution < -0.4 is 0 Å². The lowest BCUT2D eigenvalue weighted by Crippen LogP contribution is -1.94. The van der Waals surface area contributed by atoms with Crippen LogP contribution in [-0.4, -0.2) is 14.1 Å². The summed E-state index contributed by atoms with van der Waals surface area (Å²) in [6, 6.07) is 63.0. The number of hydrogen-bond acceptors (Lipinski definition) is 3. The molecule has 12 aromatic rings. The van der Waals surface area contributed by atoms with E-state index >= 15 is 0 Å². The molecular formula is C49H29N3OS. The van der Waals surface area contributed by atoms with E-state index in [-0.39, 0.29) is 0 Å². The van der Waals surface area contributed by atoms with Crippen LogP contribution in [0.25, 0.3) is 109 Å². The molecule has 4 aromatic heterocycles. The Kier molecular flexibility index (Phi) is 6.18. The van der Waals surface area contributed by atoms with E-state index in [1.54, 1.807) is 11.3 Å². The van der Waals surface area contributed by atoms with Gasteiger partial charge < -0.3 is 8.98 Å². The first-order valence-corrected chi connectivity index (χ1v) is 19.0. The van der Waals surface area contributed by atoms with Gasteiger partial charge in [-0.2, -0.15) is 0 Å². The number of thiazole rings is 1. The van der Waals surface area contributed by atoms with Crippen LogP contribution in [-0.2, 0) is 0 Å². The van der Waals surface area contributed by atoms with Gasteiger partial charge in [-0.05, 0) is 82.9 Å². The van der Waals surface area contributed by atoms with Gasteiger partial charge in [0.25, 0.3) is 0 Å². The van der Waals surface area contributed by atoms with E-state index < -0.39 is 0 Å². The van der Waals surface area contributed by atoms with Crippen LogP contribution in [0, 0.1) is 0 Å². The van der Waals surface area contributed by atoms with Crippen LogP contribution in [0.4, 0.5) is 0 Å². The molecule has 4 nitrogen and oxygen atoms in total. The van der Waals surface area contributed by atoms with Gasteiger partial charge in [0, 0.05) is 38.0 Å². The van der Waals surface area contributed by atoms with Crippen LogP contribution in [0.15, 0.2) is 180 Å². The molecule has 0 fully saturated rings. The Morgan fingerprint density at radius 2 is 0.963 bits per heavy atom. The molecule has 4 heterocycles. The van der Waals surface area contributed by atoms with E-state index in [1.165, 1.54) is 49.3 Å². The molecule has 0 unspecified atom stereocenters. The summed E-state index contributed by atoms with van der Waals surface area (Å²) in [5.74, 6) is 0. The fourth-order valence-corrected chi connectivity index (χ4v) is 9.65. The highest BCUT2D eigenvalue weighted by atomic mass is 32.1. The maximum atomic E-state index is 6.41. The van der Waals surface area contributed by atoms with Crippen molar-refractivity contribution in [3.63, 3.8) is 0 Å². The average Bonchev–Trinajstić information content (AvgIpc) is 3.99. The summed E-state index contributed by atoms with van der Waals surface area (Å²) in [5.41, 5.74) is 13.3. The molecule has 0 aliphatic carbocycles. The second-order valence-corrected chi connectivity index (χ2v) is 14.9. The number of hydrogen-bond donors (Lipinski definition) is 0. The van der Waals surface area contributed by atoms with Crippen molar-refractivity contribution in [3.05, 3.63) is 176 Å². The molecule has 8 aromatic carbocycles. The van der Waals surface area contributed by atoms with Crippen molar-refractivity contribution in [2.75, 3.05) is 0 Å². The summed E-state index contributed by atoms with van der Waals surface area (Å²) in [7, 11) is 0. The van der Waals surface area contributed by atoms with Gasteiger partial charge in [-0.1, -0.05) is 127 Å². The van der Waals surface area contributed by atoms with Gasteiger partial charge >= 0.3 is 0 Å². The molecule has 5 heteroatoms. The van der Waals surface area contributed by atoms with Gasteiger partial charge in [0.15, 0.2) is 5.13 Å². The Labute approximate surface area is 313 Å². The summed E-state index contributed by atoms with van der Waals surface area (Å²) >= 11 is 1.73. The van der Waals surface area contributed by atoms with E-state index in [0.717, 1.165) is 59.6 Å². The van der Waals surface area contributed by atoms with E-state index in [0.29, 0.717) is 0 Å². The summed E-state index contributed by atoms with van der Waals surface area (Å²) in [4.78, 5) is 5.32. The highest BCUT2D eigenvalue weighted by Crippen LogP contribution is 2.43. The molecule has 0 saturated heterocycles. The summed E-state index contributed by atoms with van der Waals surface area (Å²) in [6.45, 7) is 0. The number of aromatic nitrogens is 3. The SMILES string of the molecule is c1ccc(-c2ccc3oc4ccc5nc(-n6c7ccccc7c7ccc(-c8ccc9c%10ccccc%10n(-c%10ccccc%10)c9c8)cc76)sc5c4c3c2)cc1. The molecule has 0 N–H and O–H groups in total. The minimum absolute atomic E-state index is 0.880. The largest absolute Gasteiger partial charge is 0.456 e. The molecule has 12 rings (SSSR count). The predicted octanol–water partition coefficient (Wildman–Crippen LogP) is 13.7. The average molecular weight is 708 g/mol. The smallest absolute Gasteiger partial charge is 0.195 e. The second kappa shape index (κ2) is 11.3. The van der Waals surface area contributed by atoms with Crippen molar-refractivity contribution in [2.45, 2.75) is 0 Å². The van der Waals surface area contributed by atoms with Gasteiger partial charge in [-0.15, -0.1) is 0 Å². The third kappa shape index (κ3) is 4.27. The maximum absolute atomic E-state index is 6.41. The Morgan fingerprint density at radius 3 is 1.69 bits per heavy atom. The minimum Gasteiger partial charge on any atom is -0.456 e. The second-order valence-electron chi connectivity index (χ2n) is 14.0. The number of rotatable bonds is 4. The lowest BCUT2D eigenvalue weighted by atomic mass is 10.0. The third-order valence-corrected chi connectivity index (χ3v) is 12.0. The highest BCUT2D eigenvalue weighted by molar-refractivity contribution is 7.22. The van der Waals surface area contributed by atoms with Crippen LogP contribution in [0.2, 0.25) is 0 Å². The fourth-order valence-electron chi connectivity index (χ4n) is 8.50. The van der Waals surface area contributed by atoms with Gasteiger partial charge in [-0.25, -0.2) is 4.98 Å². The number of furan rings is 1. The van der Waals surface area contributed by atoms with Crippen molar-refractivity contribution >= 4 is 87.1 Å². The van der Waals surface area contributed by atoms with Crippen molar-refractivity contribution < 1.29 is 4.42 Å². The molecule has 0 radical (unpaired) electrons. The fraction of sp³-hybridized carbons (Fsp3) is 0. The molecular weight excluding hydrogens is 679 g/mol. The van der Waals surface area contributed by atoms with Crippen LogP contribution in [0.1, 0.15) is 0 Å². The number of nitrogens with zero attached hydrogens (tertiary/aromatic N) is 3. The number of benzene rings is 8. The molecule has 0 saturated carbocycles. The molecule has 54 heavy (non-hydrogen) atoms. The first-order valence-electron chi connectivity index (χ1n) is 18.2. The zero-order chi connectivity index (χ0) is 35.3. The molecule has 0 bridgehead atoms. The minimum atomic E-state index is 0.880. The van der Waals surface area contributed by atoms with E-state index in [2.05, 4.69) is 185 Å². The topological polar surface area (TPSA) is 35.9 Å². The van der Waals surface area contributed by atoms with Gasteiger partial charge in [0.1, 0.15) is 11.2 Å². The molecule has 0 spiro atoms. The van der Waals surface area contributed by atoms with E-state index in [9.17, 15) is 0 Å². The van der Waals surface area contributed by atoms with Crippen LogP contribution >= 0.6 is 11.3 Å². The van der Waals surface area contributed by atoms with E-state index in [4.69, 9.17) is 9.40 Å². The Bertz CT molecular complexity index is 3440. The normalized spacial score (nSPS) is 12.1. The van der Waals surface area contributed by atoms with Crippen molar-refractivity contribution in [1.82, 2.24) is 14.1 Å². The van der Waals surface area contributed by atoms with Crippen molar-refractivity contribution in [1.29, 1.82) is 0 Å². The predicted molar refractivity (Wildman–Crippen MR) is 226 cm³/mol. The van der Waals surface area contributed by atoms with Gasteiger partial charge in [-0.3, -0.25) is 4.57 Å². The Balaban J connectivity index is 1.07. The number of para-hydroxylation sites is 3. The standard InChI is InChI=1S/C49H29N3OS/c1-3-11-30(12-4-1)31-21-25-45-39(27-31)47-46(53-45)26-24-40-48(47)54-49(50-40)52-42-18-10-8-16-36(42)38-23-20-33(29-44(38)52)32-19-22-37-35-15-7-9-17-41(35)51(43(37)28-32)34-13-5-2-6-14-34/h1-29H. The van der Waals surface area contributed by atoms with Crippen molar-refractivity contribution in [3.8, 4) is 33.1 Å². The molecule has 0 amide bonds. The summed E-state index contributed by atoms with van der Waals surface area (Å²) < 4.78 is 12.3. The first kappa shape index (κ1) is 29.6. The van der Waals surface area contributed by atoms with E-state index in [1.807, 2.05) is 0 Å². The maximum Gasteiger partial charge on any atom is 0.195 e. The van der Waals surface area contributed by atoms with Crippen LogP contribution in [0.5, 0.6) is 0 Å². The molecule has 0 aliphatic rings. The summed E-state index contributed by atoms with van der Waals surface area (Å²) in [5, 5.41) is 8.09. The lowest BCUT2D eigenvalue weighted by Gasteiger charge is -2.09. The molecule has 0 aliphatic heterocycles. The van der Waals surface area contributed by atoms with Crippen LogP contribution in [0.3, 0.4) is 0 Å². The van der Waals surface area contributed by atoms with Crippen molar-refractivity contribution in [2.24, 2.45) is 0 Å². The Hall–Kier alpha value is -6.95. The molecule has 0 atom stereocenters. The first-order chi connectivity index (χ1) is 26.8. The van der Waals surface area contributed by atoms with Gasteiger partial charge in [0.05, 0.1) is 32.3 Å². The monoisotopic (exact) mass is 707 g/mol. The number of fused-ring (bicyclic) bond motifs is 11. The molecule has 252 valence electrons. The summed E-state index contributed by atoms with van der Waals surface area (Å²) in [6.07, 6.45) is 0. The highest BCUT2D eigenvalue weighted by Gasteiger charge is 2.20. The Morgan fingerprint density at radius 1 is 0.407 bits per heavy atom.